The molecule has 128 valence electrons. The van der Waals surface area contributed by atoms with Crippen molar-refractivity contribution in [2.24, 2.45) is 0 Å². The molecule has 0 saturated carbocycles. The molecule has 1 heterocycles. The summed E-state index contributed by atoms with van der Waals surface area (Å²) in [5, 5.41) is 2.69. The number of ether oxygens (including phenoxy) is 1. The first-order valence-corrected chi connectivity index (χ1v) is 7.93. The van der Waals surface area contributed by atoms with E-state index in [1.54, 1.807) is 12.1 Å². The van der Waals surface area contributed by atoms with E-state index in [2.05, 4.69) is 5.32 Å². The molecular formula is C19H15ClFNO3. The van der Waals surface area contributed by atoms with Gasteiger partial charge in [-0.3, -0.25) is 4.79 Å². The van der Waals surface area contributed by atoms with Gasteiger partial charge in [0.05, 0.1) is 10.7 Å². The summed E-state index contributed by atoms with van der Waals surface area (Å²) in [4.78, 5) is 12.2. The van der Waals surface area contributed by atoms with Crippen LogP contribution in [-0.2, 0) is 6.61 Å². The van der Waals surface area contributed by atoms with Crippen LogP contribution in [0.3, 0.4) is 0 Å². The molecular weight excluding hydrogens is 345 g/mol. The molecule has 0 saturated heterocycles. The van der Waals surface area contributed by atoms with Crippen molar-refractivity contribution in [1.82, 2.24) is 0 Å². The number of hydrogen-bond acceptors (Lipinski definition) is 3. The Hall–Kier alpha value is -2.79. The molecule has 3 aromatic rings. The van der Waals surface area contributed by atoms with Gasteiger partial charge < -0.3 is 14.5 Å². The minimum atomic E-state index is -0.477. The van der Waals surface area contributed by atoms with E-state index in [1.807, 2.05) is 31.2 Å². The minimum absolute atomic E-state index is 0.114. The van der Waals surface area contributed by atoms with Gasteiger partial charge >= 0.3 is 0 Å². The number of carbonyl (C=O) groups is 1. The highest BCUT2D eigenvalue weighted by Gasteiger charge is 2.13. The van der Waals surface area contributed by atoms with Gasteiger partial charge in [-0.25, -0.2) is 4.39 Å². The maximum Gasteiger partial charge on any atom is 0.291 e. The quantitative estimate of drug-likeness (QED) is 0.680. The fourth-order valence-corrected chi connectivity index (χ4v) is 2.36. The Balaban J connectivity index is 1.62. The van der Waals surface area contributed by atoms with Crippen LogP contribution < -0.4 is 10.1 Å². The van der Waals surface area contributed by atoms with Crippen LogP contribution in [0, 0.1) is 12.7 Å². The average Bonchev–Trinajstić information content (AvgIpc) is 3.06. The maximum absolute atomic E-state index is 13.0. The van der Waals surface area contributed by atoms with Crippen LogP contribution in [0.5, 0.6) is 5.75 Å². The van der Waals surface area contributed by atoms with Crippen molar-refractivity contribution in [2.45, 2.75) is 13.5 Å². The Morgan fingerprint density at radius 1 is 1.16 bits per heavy atom. The van der Waals surface area contributed by atoms with Crippen molar-refractivity contribution < 1.29 is 18.3 Å². The number of aryl methyl sites for hydroxylation is 1. The van der Waals surface area contributed by atoms with E-state index in [4.69, 9.17) is 20.8 Å². The van der Waals surface area contributed by atoms with Crippen molar-refractivity contribution in [2.75, 3.05) is 5.32 Å². The van der Waals surface area contributed by atoms with E-state index in [0.717, 1.165) is 11.6 Å². The van der Waals surface area contributed by atoms with E-state index in [1.165, 1.54) is 12.1 Å². The van der Waals surface area contributed by atoms with Gasteiger partial charge in [0.1, 0.15) is 23.9 Å². The predicted molar refractivity (Wildman–Crippen MR) is 93.6 cm³/mol. The lowest BCUT2D eigenvalue weighted by atomic mass is 10.2. The number of nitrogens with one attached hydrogen (secondary N) is 1. The smallest absolute Gasteiger partial charge is 0.291 e. The zero-order chi connectivity index (χ0) is 17.8. The van der Waals surface area contributed by atoms with Crippen LogP contribution in [0.15, 0.2) is 59.0 Å². The predicted octanol–water partition coefficient (Wildman–Crippen LogP) is 5.21. The second kappa shape index (κ2) is 7.40. The molecule has 0 spiro atoms. The van der Waals surface area contributed by atoms with Crippen molar-refractivity contribution in [3.63, 3.8) is 0 Å². The Labute approximate surface area is 149 Å². The lowest BCUT2D eigenvalue weighted by Crippen LogP contribution is -2.11. The summed E-state index contributed by atoms with van der Waals surface area (Å²) >= 11 is 5.89. The van der Waals surface area contributed by atoms with E-state index in [0.29, 0.717) is 17.2 Å². The summed E-state index contributed by atoms with van der Waals surface area (Å²) < 4.78 is 24.1. The van der Waals surface area contributed by atoms with Gasteiger partial charge in [-0.1, -0.05) is 29.3 Å². The molecule has 1 amide bonds. The normalized spacial score (nSPS) is 10.5. The number of benzene rings is 2. The van der Waals surface area contributed by atoms with E-state index in [9.17, 15) is 9.18 Å². The van der Waals surface area contributed by atoms with Gasteiger partial charge in [0.25, 0.3) is 5.91 Å². The first kappa shape index (κ1) is 17.0. The number of amides is 1. The number of furan rings is 1. The van der Waals surface area contributed by atoms with Crippen LogP contribution in [0.25, 0.3) is 0 Å². The maximum atomic E-state index is 13.0. The highest BCUT2D eigenvalue weighted by molar-refractivity contribution is 6.33. The first-order valence-electron chi connectivity index (χ1n) is 7.56. The third-order valence-electron chi connectivity index (χ3n) is 3.47. The van der Waals surface area contributed by atoms with Gasteiger partial charge in [0.15, 0.2) is 5.76 Å². The number of halogens is 2. The minimum Gasteiger partial charge on any atom is -0.486 e. The molecule has 1 aromatic heterocycles. The lowest BCUT2D eigenvalue weighted by Gasteiger charge is -2.06. The second-order valence-corrected chi connectivity index (χ2v) is 5.85. The fraction of sp³-hybridized carbons (Fsp3) is 0.105. The standard InChI is InChI=1S/C19H15ClFNO3/c1-12-2-5-14(6-3-12)24-11-15-7-9-18(25-15)19(23)22-17-8-4-13(21)10-16(17)20/h2-10H,11H2,1H3,(H,22,23). The fourth-order valence-electron chi connectivity index (χ4n) is 2.14. The van der Waals surface area contributed by atoms with Crippen LogP contribution in [0.1, 0.15) is 21.9 Å². The van der Waals surface area contributed by atoms with Crippen molar-refractivity contribution >= 4 is 23.2 Å². The topological polar surface area (TPSA) is 51.5 Å². The second-order valence-electron chi connectivity index (χ2n) is 5.45. The molecule has 3 rings (SSSR count). The largest absolute Gasteiger partial charge is 0.486 e. The average molecular weight is 360 g/mol. The molecule has 0 bridgehead atoms. The number of hydrogen-bond donors (Lipinski definition) is 1. The molecule has 0 aliphatic carbocycles. The molecule has 25 heavy (non-hydrogen) atoms. The molecule has 2 aromatic carbocycles. The number of rotatable bonds is 5. The monoisotopic (exact) mass is 359 g/mol. The Morgan fingerprint density at radius 2 is 1.92 bits per heavy atom. The van der Waals surface area contributed by atoms with Gasteiger partial charge in [-0.15, -0.1) is 0 Å². The molecule has 0 fully saturated rings. The highest BCUT2D eigenvalue weighted by atomic mass is 35.5. The molecule has 0 aliphatic heterocycles. The molecule has 0 radical (unpaired) electrons. The Morgan fingerprint density at radius 3 is 2.64 bits per heavy atom. The highest BCUT2D eigenvalue weighted by Crippen LogP contribution is 2.23. The zero-order valence-corrected chi connectivity index (χ0v) is 14.1. The lowest BCUT2D eigenvalue weighted by molar-refractivity contribution is 0.0992. The van der Waals surface area contributed by atoms with E-state index >= 15 is 0 Å². The zero-order valence-electron chi connectivity index (χ0n) is 13.4. The van der Waals surface area contributed by atoms with Gasteiger partial charge in [0.2, 0.25) is 0 Å². The molecule has 0 unspecified atom stereocenters. The Kier molecular flexibility index (Phi) is 5.05. The number of anilines is 1. The van der Waals surface area contributed by atoms with Gasteiger partial charge in [-0.2, -0.15) is 0 Å². The van der Waals surface area contributed by atoms with Crippen molar-refractivity contribution in [1.29, 1.82) is 0 Å². The Bertz CT molecular complexity index is 890. The van der Waals surface area contributed by atoms with E-state index < -0.39 is 11.7 Å². The van der Waals surface area contributed by atoms with Crippen molar-refractivity contribution in [3.8, 4) is 5.75 Å². The third kappa shape index (κ3) is 4.39. The summed E-state index contributed by atoms with van der Waals surface area (Å²) in [5.74, 6) is 0.386. The first-order chi connectivity index (χ1) is 12.0. The summed E-state index contributed by atoms with van der Waals surface area (Å²) in [7, 11) is 0. The molecule has 0 atom stereocenters. The van der Waals surface area contributed by atoms with Crippen LogP contribution in [0.4, 0.5) is 10.1 Å². The van der Waals surface area contributed by atoms with Crippen LogP contribution >= 0.6 is 11.6 Å². The summed E-state index contributed by atoms with van der Waals surface area (Å²) in [5.41, 5.74) is 1.45. The summed E-state index contributed by atoms with van der Waals surface area (Å²) in [6.45, 7) is 2.20. The molecule has 1 N–H and O–H groups in total. The SMILES string of the molecule is Cc1ccc(OCc2ccc(C(=O)Nc3ccc(F)cc3Cl)o2)cc1. The molecule has 4 nitrogen and oxygen atoms in total. The molecule has 6 heteroatoms. The third-order valence-corrected chi connectivity index (χ3v) is 3.78. The number of carbonyl (C=O) groups excluding carboxylic acids is 1. The van der Waals surface area contributed by atoms with Gasteiger partial charge in [-0.05, 0) is 49.4 Å². The van der Waals surface area contributed by atoms with Gasteiger partial charge in [0, 0.05) is 0 Å². The van der Waals surface area contributed by atoms with Crippen LogP contribution in [0.2, 0.25) is 5.02 Å². The van der Waals surface area contributed by atoms with Crippen LogP contribution in [-0.4, -0.2) is 5.91 Å². The summed E-state index contributed by atoms with van der Waals surface area (Å²) in [6.07, 6.45) is 0. The molecule has 0 aliphatic rings. The summed E-state index contributed by atoms with van der Waals surface area (Å²) in [6, 6.07) is 14.6. The van der Waals surface area contributed by atoms with E-state index in [-0.39, 0.29) is 17.4 Å². The van der Waals surface area contributed by atoms with Crippen molar-refractivity contribution in [3.05, 3.63) is 82.5 Å².